The van der Waals surface area contributed by atoms with Crippen LogP contribution in [0.4, 0.5) is 4.79 Å². The number of carboxylic acids is 3. The Balaban J connectivity index is 0.00000195. The van der Waals surface area contributed by atoms with Crippen molar-refractivity contribution in [3.05, 3.63) is 35.9 Å². The molecule has 1 aliphatic rings. The lowest BCUT2D eigenvalue weighted by molar-refractivity contribution is -0.143. The van der Waals surface area contributed by atoms with E-state index in [0.717, 1.165) is 19.4 Å². The second-order valence-electron chi connectivity index (χ2n) is 9.41. The minimum absolute atomic E-state index is 0.0733. The third-order valence-electron chi connectivity index (χ3n) is 5.65. The fourth-order valence-corrected chi connectivity index (χ4v) is 3.69. The summed E-state index contributed by atoms with van der Waals surface area (Å²) in [6.07, 6.45) is 0.689. The molecule has 1 aromatic carbocycles. The number of carbonyl (C=O) groups excluding carboxylic acids is 3. The predicted octanol–water partition coefficient (Wildman–Crippen LogP) is 0.345. The zero-order chi connectivity index (χ0) is 32.9. The van der Waals surface area contributed by atoms with Crippen molar-refractivity contribution in [3.8, 4) is 0 Å². The van der Waals surface area contributed by atoms with Crippen molar-refractivity contribution in [1.82, 2.24) is 15.5 Å². The van der Waals surface area contributed by atoms with E-state index in [-0.39, 0.29) is 37.3 Å². The molecule has 2 atom stereocenters. The molecular formula is C27H42N6O10. The lowest BCUT2D eigenvalue weighted by Gasteiger charge is -2.33. The molecule has 0 aliphatic carbocycles. The van der Waals surface area contributed by atoms with Gasteiger partial charge in [-0.05, 0) is 38.2 Å². The van der Waals surface area contributed by atoms with Crippen LogP contribution in [0.15, 0.2) is 35.3 Å². The maximum atomic E-state index is 12.7. The maximum Gasteiger partial charge on any atom is 0.408 e. The molecule has 0 radical (unpaired) electrons. The summed E-state index contributed by atoms with van der Waals surface area (Å²) in [4.78, 5) is 72.2. The van der Waals surface area contributed by atoms with Gasteiger partial charge in [0.2, 0.25) is 11.8 Å². The molecule has 240 valence electrons. The Labute approximate surface area is 249 Å². The van der Waals surface area contributed by atoms with Gasteiger partial charge < -0.3 is 47.1 Å². The second-order valence-corrected chi connectivity index (χ2v) is 9.41. The van der Waals surface area contributed by atoms with E-state index in [0.29, 0.717) is 32.4 Å². The summed E-state index contributed by atoms with van der Waals surface area (Å²) in [5, 5.41) is 29.3. The monoisotopic (exact) mass is 610 g/mol. The van der Waals surface area contributed by atoms with Gasteiger partial charge in [-0.3, -0.25) is 24.2 Å². The first-order valence-electron chi connectivity index (χ1n) is 13.4. The number of alkyl carbamates (subject to hydrolysis) is 1. The number of amides is 3. The summed E-state index contributed by atoms with van der Waals surface area (Å²) >= 11 is 0. The molecule has 0 aromatic heterocycles. The van der Waals surface area contributed by atoms with Crippen LogP contribution in [0.25, 0.3) is 0 Å². The van der Waals surface area contributed by atoms with Crippen LogP contribution < -0.4 is 22.1 Å². The zero-order valence-electron chi connectivity index (χ0n) is 24.5. The Kier molecular flexibility index (Phi) is 18.5. The second kappa shape index (κ2) is 20.9. The van der Waals surface area contributed by atoms with Gasteiger partial charge in [-0.1, -0.05) is 30.3 Å². The quantitative estimate of drug-likeness (QED) is 0.102. The van der Waals surface area contributed by atoms with E-state index in [9.17, 15) is 24.3 Å². The van der Waals surface area contributed by atoms with Crippen molar-refractivity contribution in [3.63, 3.8) is 0 Å². The Hall–Kier alpha value is -4.89. The Morgan fingerprint density at radius 1 is 0.977 bits per heavy atom. The van der Waals surface area contributed by atoms with Crippen LogP contribution in [0.3, 0.4) is 0 Å². The summed E-state index contributed by atoms with van der Waals surface area (Å²) in [6.45, 7) is 4.76. The van der Waals surface area contributed by atoms with Gasteiger partial charge in [-0.2, -0.15) is 0 Å². The molecule has 1 heterocycles. The fraction of sp³-hybridized carbons (Fsp3) is 0.519. The molecule has 1 aliphatic heterocycles. The minimum Gasteiger partial charge on any atom is -0.481 e. The molecule has 43 heavy (non-hydrogen) atoms. The highest BCUT2D eigenvalue weighted by molar-refractivity contribution is 5.87. The molecule has 16 heteroatoms. The number of carboxylic acid groups (broad SMARTS) is 3. The van der Waals surface area contributed by atoms with Gasteiger partial charge >= 0.3 is 12.1 Å². The lowest BCUT2D eigenvalue weighted by atomic mass is 9.95. The van der Waals surface area contributed by atoms with Gasteiger partial charge in [-0.25, -0.2) is 9.59 Å². The predicted molar refractivity (Wildman–Crippen MR) is 155 cm³/mol. The number of piperidine rings is 1. The zero-order valence-corrected chi connectivity index (χ0v) is 24.5. The van der Waals surface area contributed by atoms with E-state index in [1.807, 2.05) is 30.3 Å². The molecule has 1 aromatic rings. The lowest BCUT2D eigenvalue weighted by Crippen LogP contribution is -2.51. The summed E-state index contributed by atoms with van der Waals surface area (Å²) < 4.78 is 5.15. The highest BCUT2D eigenvalue weighted by atomic mass is 16.5. The third kappa shape index (κ3) is 19.0. The molecule has 3 amide bonds. The number of aliphatic imine (C=N–C) groups is 1. The molecule has 1 saturated heterocycles. The number of hydrogen-bond acceptors (Lipinski definition) is 8. The number of hydrogen-bond donors (Lipinski definition) is 7. The molecule has 16 nitrogen and oxygen atoms in total. The summed E-state index contributed by atoms with van der Waals surface area (Å²) in [5.74, 6) is -3.91. The van der Waals surface area contributed by atoms with Gasteiger partial charge in [0.05, 0.1) is 0 Å². The maximum absolute atomic E-state index is 12.7. The fourth-order valence-electron chi connectivity index (χ4n) is 3.69. The van der Waals surface area contributed by atoms with Gasteiger partial charge in [0.1, 0.15) is 18.7 Å². The molecule has 0 spiro atoms. The third-order valence-corrected chi connectivity index (χ3v) is 5.65. The summed E-state index contributed by atoms with van der Waals surface area (Å²) in [5.41, 5.74) is 11.3. The molecular weight excluding hydrogens is 568 g/mol. The van der Waals surface area contributed by atoms with E-state index >= 15 is 0 Å². The standard InChI is InChI=1S/C23H34N6O6.2C2H4O2/c1-15(27-23(34)35-14-16-6-3-2-4-7-16)20(31)29-12-9-17(10-13-29)19(30)28-18(21(32)33)8-5-11-26-22(24)25;2*1-2(3)4/h2-4,6-7,15,17-18H,5,8-14H2,1H3,(H,27,34)(H,28,30)(H,32,33)(H4,24,25,26);2*1H3,(H,3,4)/t15-,18-;;/m1../s1. The average Bonchev–Trinajstić information content (AvgIpc) is 2.92. The van der Waals surface area contributed by atoms with E-state index in [4.69, 9.17) is 36.0 Å². The van der Waals surface area contributed by atoms with Crippen LogP contribution in [0.1, 0.15) is 52.0 Å². The first kappa shape index (κ1) is 38.1. The number of aliphatic carboxylic acids is 3. The summed E-state index contributed by atoms with van der Waals surface area (Å²) in [7, 11) is 0. The Morgan fingerprint density at radius 2 is 1.51 bits per heavy atom. The average molecular weight is 611 g/mol. The number of benzene rings is 1. The minimum atomic E-state index is -1.13. The van der Waals surface area contributed by atoms with Crippen LogP contribution in [0.2, 0.25) is 0 Å². The van der Waals surface area contributed by atoms with Crippen molar-refractivity contribution in [1.29, 1.82) is 0 Å². The normalized spacial score (nSPS) is 13.7. The van der Waals surface area contributed by atoms with Crippen molar-refractivity contribution >= 4 is 41.8 Å². The van der Waals surface area contributed by atoms with Gasteiger partial charge in [0.25, 0.3) is 11.9 Å². The molecule has 0 saturated carbocycles. The smallest absolute Gasteiger partial charge is 0.408 e. The van der Waals surface area contributed by atoms with Crippen LogP contribution in [-0.2, 0) is 35.3 Å². The van der Waals surface area contributed by atoms with Crippen LogP contribution in [0, 0.1) is 5.92 Å². The number of ether oxygens (including phenoxy) is 1. The first-order valence-corrected chi connectivity index (χ1v) is 13.4. The number of likely N-dealkylation sites (tertiary alicyclic amines) is 1. The first-order chi connectivity index (χ1) is 20.1. The Morgan fingerprint density at radius 3 is 2.00 bits per heavy atom. The van der Waals surface area contributed by atoms with Crippen molar-refractivity contribution in [2.45, 2.75) is 65.1 Å². The number of guanidine groups is 1. The van der Waals surface area contributed by atoms with Crippen LogP contribution in [0.5, 0.6) is 0 Å². The molecule has 1 fully saturated rings. The summed E-state index contributed by atoms with van der Waals surface area (Å²) in [6, 6.07) is 7.36. The highest BCUT2D eigenvalue weighted by Gasteiger charge is 2.31. The van der Waals surface area contributed by atoms with Crippen molar-refractivity contribution in [2.75, 3.05) is 19.6 Å². The van der Waals surface area contributed by atoms with Crippen molar-refractivity contribution < 1.29 is 48.8 Å². The van der Waals surface area contributed by atoms with Gasteiger partial charge in [0, 0.05) is 39.4 Å². The molecule has 2 rings (SSSR count). The largest absolute Gasteiger partial charge is 0.481 e. The number of nitrogens with two attached hydrogens (primary N) is 2. The SMILES string of the molecule is CC(=O)O.CC(=O)O.C[C@@H](NC(=O)OCc1ccccc1)C(=O)N1CCC(C(=O)N[C@H](CCCN=C(N)N)C(=O)O)CC1. The van der Waals surface area contributed by atoms with E-state index < -0.39 is 42.0 Å². The molecule has 9 N–H and O–H groups in total. The number of nitrogens with one attached hydrogen (secondary N) is 2. The van der Waals surface area contributed by atoms with Gasteiger partial charge in [-0.15, -0.1) is 0 Å². The van der Waals surface area contributed by atoms with Crippen LogP contribution in [-0.4, -0.2) is 93.7 Å². The number of nitrogens with zero attached hydrogens (tertiary/aromatic N) is 2. The van der Waals surface area contributed by atoms with E-state index in [1.54, 1.807) is 11.8 Å². The highest BCUT2D eigenvalue weighted by Crippen LogP contribution is 2.19. The van der Waals surface area contributed by atoms with Crippen molar-refractivity contribution in [2.24, 2.45) is 22.4 Å². The van der Waals surface area contributed by atoms with Crippen LogP contribution >= 0.6 is 0 Å². The van der Waals surface area contributed by atoms with E-state index in [1.165, 1.54) is 0 Å². The topological polar surface area (TPSA) is 264 Å². The molecule has 0 bridgehead atoms. The number of carbonyl (C=O) groups is 6. The Bertz CT molecular complexity index is 1070. The van der Waals surface area contributed by atoms with E-state index in [2.05, 4.69) is 15.6 Å². The molecule has 0 unspecified atom stereocenters. The van der Waals surface area contributed by atoms with Gasteiger partial charge in [0.15, 0.2) is 5.96 Å². The number of rotatable bonds is 11.